The summed E-state index contributed by atoms with van der Waals surface area (Å²) in [5, 5.41) is 7.50. The molecule has 1 heterocycles. The van der Waals surface area contributed by atoms with E-state index in [1.165, 1.54) is 11.8 Å². The monoisotopic (exact) mass is 305 g/mol. The molecule has 0 radical (unpaired) electrons. The summed E-state index contributed by atoms with van der Waals surface area (Å²) in [6.45, 7) is 4.47. The maximum atomic E-state index is 11.6. The zero-order chi connectivity index (χ0) is 15.1. The Balaban J connectivity index is 1.67. The first kappa shape index (κ1) is 15.6. The fourth-order valence-electron chi connectivity index (χ4n) is 1.67. The van der Waals surface area contributed by atoms with Crippen LogP contribution in [0.4, 0.5) is 0 Å². The van der Waals surface area contributed by atoms with E-state index in [0.29, 0.717) is 17.7 Å². The number of carbonyl (C=O) groups excluding carboxylic acids is 1. The minimum Gasteiger partial charge on any atom is -0.465 e. The SMILES string of the molecule is CC(C)c1nc(SCC(=O)OCCc2ccccc2)n[nH]1. The van der Waals surface area contributed by atoms with Gasteiger partial charge < -0.3 is 4.74 Å². The van der Waals surface area contributed by atoms with Gasteiger partial charge in [0.25, 0.3) is 0 Å². The summed E-state index contributed by atoms with van der Waals surface area (Å²) >= 11 is 1.29. The molecule has 6 heteroatoms. The molecule has 5 nitrogen and oxygen atoms in total. The predicted molar refractivity (Wildman–Crippen MR) is 82.3 cm³/mol. The first-order valence-corrected chi connectivity index (χ1v) is 7.88. The van der Waals surface area contributed by atoms with Crippen molar-refractivity contribution in [3.63, 3.8) is 0 Å². The van der Waals surface area contributed by atoms with E-state index in [1.807, 2.05) is 44.2 Å². The van der Waals surface area contributed by atoms with Crippen LogP contribution in [0.3, 0.4) is 0 Å². The Hall–Kier alpha value is -1.82. The Bertz CT molecular complexity index is 569. The number of benzene rings is 1. The Morgan fingerprint density at radius 2 is 2.10 bits per heavy atom. The van der Waals surface area contributed by atoms with Crippen LogP contribution in [0.1, 0.15) is 31.2 Å². The van der Waals surface area contributed by atoms with Crippen LogP contribution in [0.2, 0.25) is 0 Å². The van der Waals surface area contributed by atoms with Crippen LogP contribution in [0.5, 0.6) is 0 Å². The number of H-pyrrole nitrogens is 1. The second-order valence-corrected chi connectivity index (χ2v) is 5.85. The van der Waals surface area contributed by atoms with Gasteiger partial charge in [-0.3, -0.25) is 9.89 Å². The fraction of sp³-hybridized carbons (Fsp3) is 0.400. The predicted octanol–water partition coefficient (Wildman–Crippen LogP) is 2.81. The lowest BCUT2D eigenvalue weighted by Crippen LogP contribution is -2.10. The lowest BCUT2D eigenvalue weighted by atomic mass is 10.2. The molecule has 1 aromatic heterocycles. The van der Waals surface area contributed by atoms with Crippen LogP contribution in [0.15, 0.2) is 35.5 Å². The van der Waals surface area contributed by atoms with Crippen molar-refractivity contribution >= 4 is 17.7 Å². The summed E-state index contributed by atoms with van der Waals surface area (Å²) in [5.41, 5.74) is 1.16. The minimum atomic E-state index is -0.244. The van der Waals surface area contributed by atoms with Crippen molar-refractivity contribution in [2.75, 3.05) is 12.4 Å². The Kier molecular flexibility index (Phi) is 5.80. The standard InChI is InChI=1S/C15H19N3O2S/c1-11(2)14-16-15(18-17-14)21-10-13(19)20-9-8-12-6-4-3-5-7-12/h3-7,11H,8-10H2,1-2H3,(H,16,17,18). The quantitative estimate of drug-likeness (QED) is 0.629. The first-order valence-electron chi connectivity index (χ1n) is 6.90. The number of hydrogen-bond acceptors (Lipinski definition) is 5. The van der Waals surface area contributed by atoms with Gasteiger partial charge in [-0.2, -0.15) is 0 Å². The second kappa shape index (κ2) is 7.83. The number of ether oxygens (including phenoxy) is 1. The van der Waals surface area contributed by atoms with E-state index >= 15 is 0 Å². The van der Waals surface area contributed by atoms with Crippen LogP contribution in [0, 0.1) is 0 Å². The third-order valence-electron chi connectivity index (χ3n) is 2.84. The summed E-state index contributed by atoms with van der Waals surface area (Å²) in [6, 6.07) is 9.95. The van der Waals surface area contributed by atoms with Gasteiger partial charge in [0.05, 0.1) is 12.4 Å². The molecule has 21 heavy (non-hydrogen) atoms. The van der Waals surface area contributed by atoms with Crippen molar-refractivity contribution in [3.05, 3.63) is 41.7 Å². The lowest BCUT2D eigenvalue weighted by Gasteiger charge is -2.03. The zero-order valence-electron chi connectivity index (χ0n) is 12.2. The summed E-state index contributed by atoms with van der Waals surface area (Å²) in [4.78, 5) is 15.9. The molecule has 112 valence electrons. The van der Waals surface area contributed by atoms with E-state index in [-0.39, 0.29) is 11.7 Å². The van der Waals surface area contributed by atoms with E-state index in [2.05, 4.69) is 15.2 Å². The summed E-state index contributed by atoms with van der Waals surface area (Å²) < 4.78 is 5.20. The van der Waals surface area contributed by atoms with E-state index in [1.54, 1.807) is 0 Å². The Morgan fingerprint density at radius 3 is 2.76 bits per heavy atom. The van der Waals surface area contributed by atoms with Gasteiger partial charge in [-0.1, -0.05) is 55.9 Å². The molecular formula is C15H19N3O2S. The fourth-order valence-corrected chi connectivity index (χ4v) is 2.28. The Morgan fingerprint density at radius 1 is 1.33 bits per heavy atom. The summed E-state index contributed by atoms with van der Waals surface area (Å²) in [5.74, 6) is 1.11. The molecule has 0 bridgehead atoms. The van der Waals surface area contributed by atoms with Gasteiger partial charge in [-0.15, -0.1) is 5.10 Å². The number of rotatable bonds is 7. The van der Waals surface area contributed by atoms with Crippen molar-refractivity contribution in [1.82, 2.24) is 15.2 Å². The van der Waals surface area contributed by atoms with Crippen molar-refractivity contribution in [3.8, 4) is 0 Å². The molecule has 0 aliphatic rings. The number of hydrogen-bond donors (Lipinski definition) is 1. The van der Waals surface area contributed by atoms with Gasteiger partial charge in [0.2, 0.25) is 5.16 Å². The number of aromatic amines is 1. The zero-order valence-corrected chi connectivity index (χ0v) is 13.0. The van der Waals surface area contributed by atoms with E-state index in [4.69, 9.17) is 4.74 Å². The maximum absolute atomic E-state index is 11.6. The molecule has 0 saturated carbocycles. The lowest BCUT2D eigenvalue weighted by molar-refractivity contribution is -0.140. The number of aromatic nitrogens is 3. The van der Waals surface area contributed by atoms with Gasteiger partial charge in [-0.05, 0) is 5.56 Å². The molecule has 0 fully saturated rings. The number of carbonyl (C=O) groups is 1. The third kappa shape index (κ3) is 5.23. The summed E-state index contributed by atoms with van der Waals surface area (Å²) in [6.07, 6.45) is 0.732. The molecule has 2 rings (SSSR count). The first-order chi connectivity index (χ1) is 10.1. The molecule has 0 atom stereocenters. The highest BCUT2D eigenvalue weighted by molar-refractivity contribution is 7.99. The molecular weight excluding hydrogens is 286 g/mol. The van der Waals surface area contributed by atoms with Gasteiger partial charge in [0.1, 0.15) is 5.82 Å². The smallest absolute Gasteiger partial charge is 0.316 e. The van der Waals surface area contributed by atoms with Crippen molar-refractivity contribution < 1.29 is 9.53 Å². The van der Waals surface area contributed by atoms with Gasteiger partial charge in [-0.25, -0.2) is 4.98 Å². The van der Waals surface area contributed by atoms with E-state index in [0.717, 1.165) is 17.8 Å². The van der Waals surface area contributed by atoms with E-state index < -0.39 is 0 Å². The third-order valence-corrected chi connectivity index (χ3v) is 3.67. The van der Waals surface area contributed by atoms with Crippen LogP contribution in [-0.4, -0.2) is 33.5 Å². The highest BCUT2D eigenvalue weighted by Gasteiger charge is 2.10. The van der Waals surface area contributed by atoms with Crippen LogP contribution < -0.4 is 0 Å². The largest absolute Gasteiger partial charge is 0.465 e. The van der Waals surface area contributed by atoms with Crippen molar-refractivity contribution in [2.45, 2.75) is 31.3 Å². The average molecular weight is 305 g/mol. The van der Waals surface area contributed by atoms with Crippen LogP contribution in [-0.2, 0) is 16.0 Å². The van der Waals surface area contributed by atoms with E-state index in [9.17, 15) is 4.79 Å². The highest BCUT2D eigenvalue weighted by Crippen LogP contribution is 2.16. The number of nitrogens with zero attached hydrogens (tertiary/aromatic N) is 2. The number of thioether (sulfide) groups is 1. The van der Waals surface area contributed by atoms with Crippen LogP contribution >= 0.6 is 11.8 Å². The molecule has 0 saturated heterocycles. The molecule has 0 aliphatic carbocycles. The Labute approximate surface area is 128 Å². The van der Waals surface area contributed by atoms with Gasteiger partial charge >= 0.3 is 5.97 Å². The molecule has 1 aromatic carbocycles. The number of esters is 1. The van der Waals surface area contributed by atoms with Gasteiger partial charge in [0.15, 0.2) is 0 Å². The normalized spacial score (nSPS) is 10.8. The molecule has 0 unspecified atom stereocenters. The molecule has 0 spiro atoms. The van der Waals surface area contributed by atoms with Crippen molar-refractivity contribution in [2.24, 2.45) is 0 Å². The second-order valence-electron chi connectivity index (χ2n) is 4.90. The molecule has 2 aromatic rings. The topological polar surface area (TPSA) is 67.9 Å². The average Bonchev–Trinajstić information content (AvgIpc) is 2.95. The molecule has 1 N–H and O–H groups in total. The molecule has 0 aliphatic heterocycles. The van der Waals surface area contributed by atoms with Crippen molar-refractivity contribution in [1.29, 1.82) is 0 Å². The van der Waals surface area contributed by atoms with Crippen LogP contribution in [0.25, 0.3) is 0 Å². The number of nitrogens with one attached hydrogen (secondary N) is 1. The van der Waals surface area contributed by atoms with Gasteiger partial charge in [0, 0.05) is 12.3 Å². The molecule has 0 amide bonds. The summed E-state index contributed by atoms with van der Waals surface area (Å²) in [7, 11) is 0. The minimum absolute atomic E-state index is 0.226. The maximum Gasteiger partial charge on any atom is 0.316 e. The highest BCUT2D eigenvalue weighted by atomic mass is 32.2.